The van der Waals surface area contributed by atoms with E-state index in [-0.39, 0.29) is 11.7 Å². The molecule has 1 heterocycles. The van der Waals surface area contributed by atoms with Gasteiger partial charge in [0.05, 0.1) is 11.4 Å². The van der Waals surface area contributed by atoms with Crippen molar-refractivity contribution in [3.05, 3.63) is 72.5 Å². The Morgan fingerprint density at radius 1 is 0.963 bits per heavy atom. The first-order chi connectivity index (χ1) is 13.1. The molecule has 138 valence electrons. The number of hydrogen-bond acceptors (Lipinski definition) is 4. The molecule has 0 aliphatic rings. The quantitative estimate of drug-likeness (QED) is 0.576. The van der Waals surface area contributed by atoms with E-state index in [1.54, 1.807) is 0 Å². The number of thioether (sulfide) groups is 1. The molecule has 0 saturated heterocycles. The van der Waals surface area contributed by atoms with Crippen LogP contribution in [0.3, 0.4) is 0 Å². The third-order valence-electron chi connectivity index (χ3n) is 3.85. The number of amides is 2. The Bertz CT molecular complexity index is 922. The van der Waals surface area contributed by atoms with Crippen molar-refractivity contribution in [2.75, 3.05) is 11.1 Å². The smallest absolute Gasteiger partial charge is 0.227 e. The first-order valence-corrected chi connectivity index (χ1v) is 9.54. The van der Waals surface area contributed by atoms with Crippen molar-refractivity contribution >= 4 is 29.3 Å². The van der Waals surface area contributed by atoms with E-state index in [0.29, 0.717) is 18.5 Å². The minimum absolute atomic E-state index is 0.111. The summed E-state index contributed by atoms with van der Waals surface area (Å²) in [6.07, 6.45) is 0.811. The number of carbonyl (C=O) groups excluding carboxylic acids is 2. The second kappa shape index (κ2) is 9.09. The lowest BCUT2D eigenvalue weighted by molar-refractivity contribution is -0.116. The summed E-state index contributed by atoms with van der Waals surface area (Å²) in [7, 11) is 0. The van der Waals surface area contributed by atoms with Gasteiger partial charge < -0.3 is 15.5 Å². The molecule has 3 N–H and O–H groups in total. The lowest BCUT2D eigenvalue weighted by Crippen LogP contribution is -2.15. The highest BCUT2D eigenvalue weighted by molar-refractivity contribution is 8.00. The number of primary amides is 1. The van der Waals surface area contributed by atoms with E-state index < -0.39 is 5.91 Å². The van der Waals surface area contributed by atoms with E-state index in [2.05, 4.69) is 5.32 Å². The Labute approximate surface area is 162 Å². The van der Waals surface area contributed by atoms with Gasteiger partial charge in [-0.15, -0.1) is 11.8 Å². The van der Waals surface area contributed by atoms with Crippen LogP contribution in [0.15, 0.2) is 76.0 Å². The van der Waals surface area contributed by atoms with Gasteiger partial charge in [-0.1, -0.05) is 42.5 Å². The molecule has 27 heavy (non-hydrogen) atoms. The van der Waals surface area contributed by atoms with Gasteiger partial charge in [-0.3, -0.25) is 9.59 Å². The largest absolute Gasteiger partial charge is 0.461 e. The molecule has 0 aliphatic heterocycles. The van der Waals surface area contributed by atoms with Crippen molar-refractivity contribution in [3.63, 3.8) is 0 Å². The summed E-state index contributed by atoms with van der Waals surface area (Å²) in [6, 6.07) is 21.0. The summed E-state index contributed by atoms with van der Waals surface area (Å²) in [5, 5.41) is 2.89. The van der Waals surface area contributed by atoms with Gasteiger partial charge in [-0.05, 0) is 24.3 Å². The minimum atomic E-state index is -0.395. The molecule has 0 unspecified atom stereocenters. The summed E-state index contributed by atoms with van der Waals surface area (Å²) < 4.78 is 5.82. The average Bonchev–Trinajstić information content (AvgIpc) is 3.15. The van der Waals surface area contributed by atoms with Gasteiger partial charge >= 0.3 is 0 Å². The van der Waals surface area contributed by atoms with E-state index in [1.807, 2.05) is 66.7 Å². The lowest BCUT2D eigenvalue weighted by Gasteiger charge is -2.09. The number of para-hydroxylation sites is 1. The number of rotatable bonds is 8. The van der Waals surface area contributed by atoms with Crippen LogP contribution < -0.4 is 11.1 Å². The molecule has 0 fully saturated rings. The van der Waals surface area contributed by atoms with Crippen LogP contribution in [0.25, 0.3) is 11.3 Å². The number of benzene rings is 2. The predicted octanol–water partition coefficient (Wildman–Crippen LogP) is 4.10. The fraction of sp³-hybridized carbons (Fsp3) is 0.143. The van der Waals surface area contributed by atoms with Crippen molar-refractivity contribution in [2.24, 2.45) is 5.73 Å². The van der Waals surface area contributed by atoms with Crippen LogP contribution in [-0.2, 0) is 16.0 Å². The third-order valence-corrected chi connectivity index (χ3v) is 4.95. The molecule has 0 saturated carbocycles. The summed E-state index contributed by atoms with van der Waals surface area (Å²) in [5.41, 5.74) is 6.88. The van der Waals surface area contributed by atoms with Gasteiger partial charge in [-0.2, -0.15) is 0 Å². The van der Waals surface area contributed by atoms with Crippen molar-refractivity contribution < 1.29 is 14.0 Å². The van der Waals surface area contributed by atoms with Gasteiger partial charge in [0.15, 0.2) is 0 Å². The summed E-state index contributed by atoms with van der Waals surface area (Å²) >= 11 is 1.30. The molecule has 2 aromatic carbocycles. The Balaban J connectivity index is 1.56. The number of carbonyl (C=O) groups is 2. The van der Waals surface area contributed by atoms with Gasteiger partial charge in [0.2, 0.25) is 11.8 Å². The predicted molar refractivity (Wildman–Crippen MR) is 107 cm³/mol. The summed E-state index contributed by atoms with van der Waals surface area (Å²) in [5.74, 6) is 1.22. The summed E-state index contributed by atoms with van der Waals surface area (Å²) in [6.45, 7) is 0. The highest BCUT2D eigenvalue weighted by Gasteiger charge is 2.10. The zero-order chi connectivity index (χ0) is 19.1. The van der Waals surface area contributed by atoms with Gasteiger partial charge in [0.25, 0.3) is 0 Å². The number of hydrogen-bond donors (Lipinski definition) is 2. The van der Waals surface area contributed by atoms with Crippen LogP contribution in [0.1, 0.15) is 12.2 Å². The van der Waals surface area contributed by atoms with Gasteiger partial charge in [0.1, 0.15) is 11.5 Å². The van der Waals surface area contributed by atoms with E-state index in [9.17, 15) is 9.59 Å². The van der Waals surface area contributed by atoms with Crippen LogP contribution >= 0.6 is 11.8 Å². The Hall–Kier alpha value is -2.99. The first kappa shape index (κ1) is 18.8. The summed E-state index contributed by atoms with van der Waals surface area (Å²) in [4.78, 5) is 24.1. The Morgan fingerprint density at radius 3 is 2.48 bits per heavy atom. The molecule has 3 aromatic rings. The van der Waals surface area contributed by atoms with Crippen molar-refractivity contribution in [1.29, 1.82) is 0 Å². The number of furan rings is 1. The molecule has 1 aromatic heterocycles. The molecular weight excluding hydrogens is 360 g/mol. The second-order valence-corrected chi connectivity index (χ2v) is 6.95. The number of nitrogens with one attached hydrogen (secondary N) is 1. The SMILES string of the molecule is NC(=O)CSc1ccccc1NC(=O)CCc1ccc(-c2ccccc2)o1. The maximum absolute atomic E-state index is 12.3. The fourth-order valence-corrected chi connectivity index (χ4v) is 3.31. The topological polar surface area (TPSA) is 85.3 Å². The molecule has 6 heteroatoms. The highest BCUT2D eigenvalue weighted by atomic mass is 32.2. The zero-order valence-corrected chi connectivity index (χ0v) is 15.5. The van der Waals surface area contributed by atoms with Crippen LogP contribution in [0.2, 0.25) is 0 Å². The molecule has 3 rings (SSSR count). The van der Waals surface area contributed by atoms with Gasteiger partial charge in [0, 0.05) is 23.3 Å². The van der Waals surface area contributed by atoms with Crippen LogP contribution in [0.4, 0.5) is 5.69 Å². The molecule has 0 spiro atoms. The molecule has 0 atom stereocenters. The minimum Gasteiger partial charge on any atom is -0.461 e. The highest BCUT2D eigenvalue weighted by Crippen LogP contribution is 2.27. The standard InChI is InChI=1S/C21H20N2O3S/c22-20(24)14-27-19-9-5-4-8-17(19)23-21(25)13-11-16-10-12-18(26-16)15-6-2-1-3-7-15/h1-10,12H,11,13-14H2,(H2,22,24)(H,23,25). The van der Waals surface area contributed by atoms with Gasteiger partial charge in [-0.25, -0.2) is 0 Å². The monoisotopic (exact) mass is 380 g/mol. The molecule has 0 bridgehead atoms. The van der Waals surface area contributed by atoms with Crippen LogP contribution in [0, 0.1) is 0 Å². The first-order valence-electron chi connectivity index (χ1n) is 8.56. The zero-order valence-electron chi connectivity index (χ0n) is 14.7. The van der Waals surface area contributed by atoms with Crippen LogP contribution in [-0.4, -0.2) is 17.6 Å². The molecule has 0 aliphatic carbocycles. The van der Waals surface area contributed by atoms with E-state index in [0.717, 1.165) is 22.0 Å². The van der Waals surface area contributed by atoms with E-state index in [4.69, 9.17) is 10.2 Å². The number of nitrogens with two attached hydrogens (primary N) is 1. The normalized spacial score (nSPS) is 10.5. The molecule has 2 amide bonds. The molecular formula is C21H20N2O3S. The van der Waals surface area contributed by atoms with E-state index in [1.165, 1.54) is 11.8 Å². The maximum atomic E-state index is 12.3. The average molecular weight is 380 g/mol. The number of anilines is 1. The second-order valence-electron chi connectivity index (χ2n) is 5.93. The Kier molecular flexibility index (Phi) is 6.33. The van der Waals surface area contributed by atoms with Crippen molar-refractivity contribution in [3.8, 4) is 11.3 Å². The lowest BCUT2D eigenvalue weighted by atomic mass is 10.2. The third kappa shape index (κ3) is 5.49. The van der Waals surface area contributed by atoms with Crippen molar-refractivity contribution in [1.82, 2.24) is 0 Å². The molecule has 0 radical (unpaired) electrons. The molecule has 5 nitrogen and oxygen atoms in total. The number of aryl methyl sites for hydroxylation is 1. The van der Waals surface area contributed by atoms with E-state index >= 15 is 0 Å². The maximum Gasteiger partial charge on any atom is 0.227 e. The van der Waals surface area contributed by atoms with Crippen molar-refractivity contribution in [2.45, 2.75) is 17.7 Å². The Morgan fingerprint density at radius 2 is 1.70 bits per heavy atom. The fourth-order valence-electron chi connectivity index (χ4n) is 2.56. The van der Waals surface area contributed by atoms with Crippen LogP contribution in [0.5, 0.6) is 0 Å².